The molecule has 1 aromatic heterocycles. The molecule has 0 spiro atoms. The third kappa shape index (κ3) is 2.71. The van der Waals surface area contributed by atoms with Crippen LogP contribution in [0.5, 0.6) is 11.5 Å². The predicted molar refractivity (Wildman–Crippen MR) is 79.0 cm³/mol. The van der Waals surface area contributed by atoms with E-state index in [0.29, 0.717) is 12.4 Å². The van der Waals surface area contributed by atoms with Crippen LogP contribution in [0.15, 0.2) is 48.5 Å². The Morgan fingerprint density at radius 2 is 2.00 bits per heavy atom. The molecule has 96 valence electrons. The van der Waals surface area contributed by atoms with Crippen LogP contribution in [0.1, 0.15) is 10.4 Å². The Kier molecular flexibility index (Phi) is 3.13. The van der Waals surface area contributed by atoms with Gasteiger partial charge in [-0.15, -0.1) is 11.3 Å². The minimum atomic E-state index is 0.226. The first kappa shape index (κ1) is 12.1. The van der Waals surface area contributed by atoms with E-state index in [1.165, 1.54) is 20.5 Å². The second-order valence-electron chi connectivity index (χ2n) is 4.54. The summed E-state index contributed by atoms with van der Waals surface area (Å²) in [5.41, 5.74) is 1.27. The van der Waals surface area contributed by atoms with Gasteiger partial charge in [0.1, 0.15) is 18.1 Å². The van der Waals surface area contributed by atoms with Gasteiger partial charge in [-0.1, -0.05) is 18.2 Å². The van der Waals surface area contributed by atoms with Crippen molar-refractivity contribution >= 4 is 21.4 Å². The van der Waals surface area contributed by atoms with Gasteiger partial charge >= 0.3 is 0 Å². The molecule has 1 heterocycles. The van der Waals surface area contributed by atoms with Crippen LogP contribution < -0.4 is 4.74 Å². The molecule has 0 atom stereocenters. The van der Waals surface area contributed by atoms with Crippen molar-refractivity contribution in [3.63, 3.8) is 0 Å². The Balaban J connectivity index is 1.78. The van der Waals surface area contributed by atoms with Crippen LogP contribution in [0, 0.1) is 6.92 Å². The molecule has 0 unspecified atom stereocenters. The zero-order valence-electron chi connectivity index (χ0n) is 10.6. The number of aryl methyl sites for hydroxylation is 1. The minimum Gasteiger partial charge on any atom is -0.508 e. The zero-order chi connectivity index (χ0) is 13.2. The molecule has 0 amide bonds. The molecule has 0 fully saturated rings. The molecule has 0 radical (unpaired) electrons. The summed E-state index contributed by atoms with van der Waals surface area (Å²) in [4.78, 5) is 1.18. The Morgan fingerprint density at radius 1 is 1.11 bits per heavy atom. The standard InChI is InChI=1S/C16H14O2S/c1-11-5-6-12-8-15(19-16(12)7-11)10-18-14-4-2-3-13(17)9-14/h2-9,17H,10H2,1H3. The summed E-state index contributed by atoms with van der Waals surface area (Å²) < 4.78 is 6.97. The highest BCUT2D eigenvalue weighted by Crippen LogP contribution is 2.28. The summed E-state index contributed by atoms with van der Waals surface area (Å²) in [7, 11) is 0. The van der Waals surface area contributed by atoms with Crippen molar-refractivity contribution in [1.82, 2.24) is 0 Å². The second-order valence-corrected chi connectivity index (χ2v) is 5.71. The van der Waals surface area contributed by atoms with Gasteiger partial charge in [-0.05, 0) is 42.1 Å². The van der Waals surface area contributed by atoms with Gasteiger partial charge in [0.05, 0.1) is 0 Å². The Labute approximate surface area is 115 Å². The average molecular weight is 270 g/mol. The fourth-order valence-electron chi connectivity index (χ4n) is 1.99. The van der Waals surface area contributed by atoms with E-state index < -0.39 is 0 Å². The van der Waals surface area contributed by atoms with Gasteiger partial charge in [0.2, 0.25) is 0 Å². The lowest BCUT2D eigenvalue weighted by Gasteiger charge is -2.04. The highest BCUT2D eigenvalue weighted by Gasteiger charge is 2.03. The average Bonchev–Trinajstić information content (AvgIpc) is 2.78. The molecule has 0 aliphatic heterocycles. The number of rotatable bonds is 3. The molecule has 0 bridgehead atoms. The fraction of sp³-hybridized carbons (Fsp3) is 0.125. The lowest BCUT2D eigenvalue weighted by atomic mass is 10.2. The molecule has 2 aromatic carbocycles. The summed E-state index contributed by atoms with van der Waals surface area (Å²) in [6.45, 7) is 2.63. The number of phenolic OH excluding ortho intramolecular Hbond substituents is 1. The highest BCUT2D eigenvalue weighted by atomic mass is 32.1. The van der Waals surface area contributed by atoms with Crippen molar-refractivity contribution in [2.45, 2.75) is 13.5 Å². The normalized spacial score (nSPS) is 10.8. The monoisotopic (exact) mass is 270 g/mol. The van der Waals surface area contributed by atoms with Crippen LogP contribution in [-0.2, 0) is 6.61 Å². The molecular weight excluding hydrogens is 256 g/mol. The predicted octanol–water partition coefficient (Wildman–Crippen LogP) is 4.49. The van der Waals surface area contributed by atoms with Crippen LogP contribution >= 0.6 is 11.3 Å². The molecule has 3 rings (SSSR count). The van der Waals surface area contributed by atoms with Crippen molar-refractivity contribution in [3.05, 3.63) is 59.0 Å². The summed E-state index contributed by atoms with van der Waals surface area (Å²) in [6, 6.07) is 15.5. The number of ether oxygens (including phenoxy) is 1. The highest BCUT2D eigenvalue weighted by molar-refractivity contribution is 7.19. The van der Waals surface area contributed by atoms with Crippen LogP contribution in [0.2, 0.25) is 0 Å². The number of hydrogen-bond acceptors (Lipinski definition) is 3. The molecule has 2 nitrogen and oxygen atoms in total. The number of thiophene rings is 1. The van der Waals surface area contributed by atoms with Crippen molar-refractivity contribution in [1.29, 1.82) is 0 Å². The molecule has 0 saturated heterocycles. The van der Waals surface area contributed by atoms with Crippen molar-refractivity contribution in [2.24, 2.45) is 0 Å². The summed E-state index contributed by atoms with van der Waals surface area (Å²) >= 11 is 1.75. The van der Waals surface area contributed by atoms with Gasteiger partial charge in [0.15, 0.2) is 0 Å². The molecule has 0 saturated carbocycles. The van der Waals surface area contributed by atoms with E-state index in [1.54, 1.807) is 29.5 Å². The second kappa shape index (κ2) is 4.94. The van der Waals surface area contributed by atoms with E-state index in [1.807, 2.05) is 6.07 Å². The van der Waals surface area contributed by atoms with Crippen LogP contribution in [0.3, 0.4) is 0 Å². The molecule has 3 aromatic rings. The maximum absolute atomic E-state index is 9.38. The Morgan fingerprint density at radius 3 is 2.84 bits per heavy atom. The van der Waals surface area contributed by atoms with E-state index >= 15 is 0 Å². The quantitative estimate of drug-likeness (QED) is 0.759. The van der Waals surface area contributed by atoms with E-state index in [4.69, 9.17) is 4.74 Å². The van der Waals surface area contributed by atoms with E-state index in [0.717, 1.165) is 0 Å². The summed E-state index contributed by atoms with van der Waals surface area (Å²) in [5.74, 6) is 0.915. The van der Waals surface area contributed by atoms with E-state index in [9.17, 15) is 5.11 Å². The maximum atomic E-state index is 9.38. The van der Waals surface area contributed by atoms with Gasteiger partial charge < -0.3 is 9.84 Å². The molecule has 0 aliphatic rings. The largest absolute Gasteiger partial charge is 0.508 e. The lowest BCUT2D eigenvalue weighted by molar-refractivity contribution is 0.308. The number of benzene rings is 2. The molecule has 0 aliphatic carbocycles. The van der Waals surface area contributed by atoms with Crippen LogP contribution in [0.4, 0.5) is 0 Å². The van der Waals surface area contributed by atoms with Crippen molar-refractivity contribution in [2.75, 3.05) is 0 Å². The van der Waals surface area contributed by atoms with Gasteiger partial charge in [-0.25, -0.2) is 0 Å². The minimum absolute atomic E-state index is 0.226. The smallest absolute Gasteiger partial charge is 0.123 e. The van der Waals surface area contributed by atoms with Gasteiger partial charge in [-0.2, -0.15) is 0 Å². The molecule has 1 N–H and O–H groups in total. The Hall–Kier alpha value is -2.00. The third-order valence-electron chi connectivity index (χ3n) is 2.93. The molecule has 3 heteroatoms. The summed E-state index contributed by atoms with van der Waals surface area (Å²) in [6.07, 6.45) is 0. The molecule has 19 heavy (non-hydrogen) atoms. The number of phenols is 1. The van der Waals surface area contributed by atoms with Crippen LogP contribution in [-0.4, -0.2) is 5.11 Å². The Bertz CT molecular complexity index is 716. The zero-order valence-corrected chi connectivity index (χ0v) is 11.4. The number of fused-ring (bicyclic) bond motifs is 1. The topological polar surface area (TPSA) is 29.5 Å². The van der Waals surface area contributed by atoms with E-state index in [-0.39, 0.29) is 5.75 Å². The van der Waals surface area contributed by atoms with Crippen molar-refractivity contribution < 1.29 is 9.84 Å². The first-order chi connectivity index (χ1) is 9.20. The number of hydrogen-bond donors (Lipinski definition) is 1. The molecular formula is C16H14O2S. The first-order valence-electron chi connectivity index (χ1n) is 6.11. The van der Waals surface area contributed by atoms with Gasteiger partial charge in [0.25, 0.3) is 0 Å². The third-order valence-corrected chi connectivity index (χ3v) is 4.00. The van der Waals surface area contributed by atoms with E-state index in [2.05, 4.69) is 31.2 Å². The summed E-state index contributed by atoms with van der Waals surface area (Å²) in [5, 5.41) is 10.6. The maximum Gasteiger partial charge on any atom is 0.123 e. The van der Waals surface area contributed by atoms with Gasteiger partial charge in [0, 0.05) is 15.6 Å². The van der Waals surface area contributed by atoms with Crippen LogP contribution in [0.25, 0.3) is 10.1 Å². The van der Waals surface area contributed by atoms with Gasteiger partial charge in [-0.3, -0.25) is 0 Å². The first-order valence-corrected chi connectivity index (χ1v) is 6.93. The lowest BCUT2D eigenvalue weighted by Crippen LogP contribution is -1.91. The fourth-order valence-corrected chi connectivity index (χ4v) is 3.07. The number of aromatic hydroxyl groups is 1. The SMILES string of the molecule is Cc1ccc2cc(COc3cccc(O)c3)sc2c1. The van der Waals surface area contributed by atoms with Crippen molar-refractivity contribution in [3.8, 4) is 11.5 Å².